The van der Waals surface area contributed by atoms with Gasteiger partial charge < -0.3 is 4.84 Å². The van der Waals surface area contributed by atoms with Crippen molar-refractivity contribution < 1.29 is 4.84 Å². The first kappa shape index (κ1) is 14.5. The van der Waals surface area contributed by atoms with Crippen LogP contribution in [0.15, 0.2) is 59.9 Å². The zero-order valence-corrected chi connectivity index (χ0v) is 13.1. The molecule has 0 N–H and O–H groups in total. The highest BCUT2D eigenvalue weighted by atomic mass is 35.5. The average Bonchev–Trinajstić information content (AvgIpc) is 2.55. The number of nitrogens with zero attached hydrogens (tertiary/aromatic N) is 2. The van der Waals surface area contributed by atoms with Crippen molar-refractivity contribution in [2.24, 2.45) is 5.16 Å². The minimum atomic E-state index is 0.704. The predicted octanol–water partition coefficient (Wildman–Crippen LogP) is 4.60. The molecular formula is C18H15ClN2O. The summed E-state index contributed by atoms with van der Waals surface area (Å²) < 4.78 is 0. The number of halogens is 1. The Hall–Kier alpha value is -2.39. The number of hydrogen-bond donors (Lipinski definition) is 0. The molecule has 0 saturated heterocycles. The van der Waals surface area contributed by atoms with Crippen molar-refractivity contribution in [2.45, 2.75) is 6.92 Å². The molecule has 2 aromatic carbocycles. The smallest absolute Gasteiger partial charge is 0.119 e. The number of pyridine rings is 1. The van der Waals surface area contributed by atoms with Crippen LogP contribution in [0.5, 0.6) is 0 Å². The number of fused-ring (bicyclic) bond motifs is 1. The van der Waals surface area contributed by atoms with E-state index in [9.17, 15) is 0 Å². The third-order valence-corrected chi connectivity index (χ3v) is 3.98. The lowest BCUT2D eigenvalue weighted by Gasteiger charge is -2.11. The van der Waals surface area contributed by atoms with Gasteiger partial charge >= 0.3 is 0 Å². The molecule has 4 heteroatoms. The van der Waals surface area contributed by atoms with Gasteiger partial charge in [-0.2, -0.15) is 0 Å². The van der Waals surface area contributed by atoms with E-state index < -0.39 is 0 Å². The van der Waals surface area contributed by atoms with Gasteiger partial charge in [0, 0.05) is 27.7 Å². The van der Waals surface area contributed by atoms with Gasteiger partial charge in [0.1, 0.15) is 12.8 Å². The van der Waals surface area contributed by atoms with Gasteiger partial charge in [0.2, 0.25) is 0 Å². The zero-order chi connectivity index (χ0) is 15.5. The van der Waals surface area contributed by atoms with E-state index in [1.165, 1.54) is 7.11 Å². The van der Waals surface area contributed by atoms with Gasteiger partial charge in [-0.25, -0.2) is 0 Å². The normalized spacial score (nSPS) is 11.7. The molecule has 0 radical (unpaired) electrons. The Morgan fingerprint density at radius 3 is 2.77 bits per heavy atom. The van der Waals surface area contributed by atoms with Crippen molar-refractivity contribution in [3.8, 4) is 0 Å². The van der Waals surface area contributed by atoms with Gasteiger partial charge in [-0.15, -0.1) is 0 Å². The van der Waals surface area contributed by atoms with Gasteiger partial charge in [-0.1, -0.05) is 47.1 Å². The topological polar surface area (TPSA) is 34.5 Å². The Labute approximate surface area is 134 Å². The number of oxime groups is 1. The standard InChI is InChI=1S/C18H15ClN2O/c1-12-15(7-5-8-16(12)19)18(21-22-2)14-10-13-6-3-4-9-17(13)20-11-14/h3-11H,1-2H3. The molecule has 0 aliphatic carbocycles. The number of rotatable bonds is 3. The number of para-hydroxylation sites is 1. The van der Waals surface area contributed by atoms with Crippen LogP contribution in [-0.2, 0) is 4.84 Å². The van der Waals surface area contributed by atoms with Gasteiger partial charge in [-0.05, 0) is 30.7 Å². The Kier molecular flexibility index (Phi) is 4.07. The fraction of sp³-hybridized carbons (Fsp3) is 0.111. The summed E-state index contributed by atoms with van der Waals surface area (Å²) in [6.07, 6.45) is 1.81. The molecule has 3 nitrogen and oxygen atoms in total. The molecule has 0 amide bonds. The highest BCUT2D eigenvalue weighted by Gasteiger charge is 2.13. The average molecular weight is 311 g/mol. The maximum Gasteiger partial charge on any atom is 0.119 e. The molecule has 1 aromatic heterocycles. The fourth-order valence-corrected chi connectivity index (χ4v) is 2.59. The molecule has 0 bridgehead atoms. The molecule has 0 unspecified atom stereocenters. The molecule has 0 aliphatic rings. The summed E-state index contributed by atoms with van der Waals surface area (Å²) in [5, 5.41) is 5.95. The molecule has 0 atom stereocenters. The number of aromatic nitrogens is 1. The maximum absolute atomic E-state index is 6.23. The third kappa shape index (κ3) is 2.68. The first-order valence-corrected chi connectivity index (χ1v) is 7.30. The summed E-state index contributed by atoms with van der Waals surface area (Å²) in [7, 11) is 1.54. The lowest BCUT2D eigenvalue weighted by molar-refractivity contribution is 0.214. The molecule has 22 heavy (non-hydrogen) atoms. The SMILES string of the molecule is CON=C(c1cnc2ccccc2c1)c1cccc(Cl)c1C. The monoisotopic (exact) mass is 310 g/mol. The van der Waals surface area contributed by atoms with E-state index >= 15 is 0 Å². The number of benzene rings is 2. The minimum absolute atomic E-state index is 0.704. The molecule has 0 fully saturated rings. The van der Waals surface area contributed by atoms with E-state index in [1.807, 2.05) is 49.4 Å². The van der Waals surface area contributed by atoms with Crippen molar-refractivity contribution in [1.29, 1.82) is 0 Å². The fourth-order valence-electron chi connectivity index (χ4n) is 2.41. The van der Waals surface area contributed by atoms with Crippen LogP contribution >= 0.6 is 11.6 Å². The van der Waals surface area contributed by atoms with Crippen LogP contribution in [0.25, 0.3) is 10.9 Å². The first-order chi connectivity index (χ1) is 10.7. The number of hydrogen-bond acceptors (Lipinski definition) is 3. The van der Waals surface area contributed by atoms with Crippen molar-refractivity contribution in [2.75, 3.05) is 7.11 Å². The summed E-state index contributed by atoms with van der Waals surface area (Å²) in [6.45, 7) is 1.97. The molecule has 110 valence electrons. The van der Waals surface area contributed by atoms with Crippen LogP contribution in [-0.4, -0.2) is 17.8 Å². The zero-order valence-electron chi connectivity index (χ0n) is 12.4. The lowest BCUT2D eigenvalue weighted by atomic mass is 9.98. The van der Waals surface area contributed by atoms with E-state index in [1.54, 1.807) is 6.20 Å². The summed E-state index contributed by atoms with van der Waals surface area (Å²) in [5.74, 6) is 0. The lowest BCUT2D eigenvalue weighted by Crippen LogP contribution is -2.07. The molecule has 3 aromatic rings. The molecule has 0 aliphatic heterocycles. The van der Waals surface area contributed by atoms with E-state index in [2.05, 4.69) is 16.2 Å². The van der Waals surface area contributed by atoms with E-state index in [0.717, 1.165) is 33.3 Å². The maximum atomic E-state index is 6.23. The molecule has 0 saturated carbocycles. The van der Waals surface area contributed by atoms with Crippen LogP contribution < -0.4 is 0 Å². The van der Waals surface area contributed by atoms with Crippen molar-refractivity contribution in [1.82, 2.24) is 4.98 Å². The van der Waals surface area contributed by atoms with Gasteiger partial charge in [0.05, 0.1) is 5.52 Å². The van der Waals surface area contributed by atoms with Crippen LogP contribution in [0, 0.1) is 6.92 Å². The Balaban J connectivity index is 2.18. The Morgan fingerprint density at radius 1 is 1.14 bits per heavy atom. The highest BCUT2D eigenvalue weighted by molar-refractivity contribution is 6.32. The Bertz CT molecular complexity index is 859. The van der Waals surface area contributed by atoms with Crippen LogP contribution in [0.3, 0.4) is 0 Å². The molecular weight excluding hydrogens is 296 g/mol. The highest BCUT2D eigenvalue weighted by Crippen LogP contribution is 2.23. The van der Waals surface area contributed by atoms with Crippen molar-refractivity contribution in [3.05, 3.63) is 76.4 Å². The second-order valence-electron chi connectivity index (χ2n) is 4.95. The minimum Gasteiger partial charge on any atom is -0.399 e. The second kappa shape index (κ2) is 6.16. The summed E-state index contributed by atoms with van der Waals surface area (Å²) >= 11 is 6.23. The van der Waals surface area contributed by atoms with Crippen molar-refractivity contribution >= 4 is 28.2 Å². The van der Waals surface area contributed by atoms with Gasteiger partial charge in [0.15, 0.2) is 0 Å². The van der Waals surface area contributed by atoms with E-state index in [4.69, 9.17) is 16.4 Å². The quantitative estimate of drug-likeness (QED) is 0.523. The summed E-state index contributed by atoms with van der Waals surface area (Å²) in [5.41, 5.74) is 4.47. The first-order valence-electron chi connectivity index (χ1n) is 6.92. The molecule has 0 spiro atoms. The van der Waals surface area contributed by atoms with Crippen molar-refractivity contribution in [3.63, 3.8) is 0 Å². The second-order valence-corrected chi connectivity index (χ2v) is 5.36. The largest absolute Gasteiger partial charge is 0.399 e. The predicted molar refractivity (Wildman–Crippen MR) is 90.6 cm³/mol. The Morgan fingerprint density at radius 2 is 1.95 bits per heavy atom. The molecule has 3 rings (SSSR count). The van der Waals surface area contributed by atoms with E-state index in [0.29, 0.717) is 5.02 Å². The van der Waals surface area contributed by atoms with E-state index in [-0.39, 0.29) is 0 Å². The van der Waals surface area contributed by atoms with Crippen LogP contribution in [0.2, 0.25) is 5.02 Å². The molecule has 1 heterocycles. The van der Waals surface area contributed by atoms with Crippen LogP contribution in [0.1, 0.15) is 16.7 Å². The summed E-state index contributed by atoms with van der Waals surface area (Å²) in [6, 6.07) is 15.8. The third-order valence-electron chi connectivity index (χ3n) is 3.57. The van der Waals surface area contributed by atoms with Crippen LogP contribution in [0.4, 0.5) is 0 Å². The van der Waals surface area contributed by atoms with Gasteiger partial charge in [0.25, 0.3) is 0 Å². The summed E-state index contributed by atoms with van der Waals surface area (Å²) in [4.78, 5) is 9.53. The van der Waals surface area contributed by atoms with Gasteiger partial charge in [-0.3, -0.25) is 4.98 Å².